The van der Waals surface area contributed by atoms with E-state index in [2.05, 4.69) is 29.0 Å². The van der Waals surface area contributed by atoms with Crippen molar-refractivity contribution in [2.45, 2.75) is 4.90 Å². The molecular weight excluding hydrogens is 404 g/mol. The second-order valence-corrected chi connectivity index (χ2v) is 9.54. The summed E-state index contributed by atoms with van der Waals surface area (Å²) in [4.78, 5) is 2.26. The maximum Gasteiger partial charge on any atom is 0.262 e. The lowest BCUT2D eigenvalue weighted by Gasteiger charge is -2.17. The summed E-state index contributed by atoms with van der Waals surface area (Å²) in [6, 6.07) is 29.1. The number of nitrogens with one attached hydrogen (secondary N) is 1. The molecule has 0 fully saturated rings. The lowest BCUT2D eigenvalue weighted by atomic mass is 10.0. The normalized spacial score (nSPS) is 11.8. The largest absolute Gasteiger partial charge is 0.377 e. The van der Waals surface area contributed by atoms with E-state index >= 15 is 0 Å². The van der Waals surface area contributed by atoms with E-state index in [1.54, 1.807) is 12.1 Å². The summed E-state index contributed by atoms with van der Waals surface area (Å²) in [5, 5.41) is 5.96. The molecule has 0 saturated carbocycles. The Hall–Kier alpha value is -3.57. The number of sulfonamides is 1. The molecule has 4 nitrogen and oxygen atoms in total. The third-order valence-electron chi connectivity index (χ3n) is 5.59. The van der Waals surface area contributed by atoms with Gasteiger partial charge in [-0.25, -0.2) is 8.42 Å². The minimum Gasteiger partial charge on any atom is -0.377 e. The molecule has 0 unspecified atom stereocenters. The Labute approximate surface area is 181 Å². The first-order valence-electron chi connectivity index (χ1n) is 10.1. The summed E-state index contributed by atoms with van der Waals surface area (Å²) in [6.07, 6.45) is 0. The molecule has 0 amide bonds. The van der Waals surface area contributed by atoms with Crippen molar-refractivity contribution in [3.8, 4) is 0 Å². The fourth-order valence-corrected chi connectivity index (χ4v) is 5.37. The van der Waals surface area contributed by atoms with Crippen LogP contribution in [0.4, 0.5) is 11.4 Å². The Morgan fingerprint density at radius 1 is 0.645 bits per heavy atom. The quantitative estimate of drug-likeness (QED) is 0.358. The molecule has 5 rings (SSSR count). The van der Waals surface area contributed by atoms with Crippen LogP contribution in [0, 0.1) is 0 Å². The molecule has 154 valence electrons. The molecule has 31 heavy (non-hydrogen) atoms. The van der Waals surface area contributed by atoms with Crippen LogP contribution in [0.3, 0.4) is 0 Å². The lowest BCUT2D eigenvalue weighted by Crippen LogP contribution is -2.14. The second kappa shape index (κ2) is 7.29. The zero-order valence-corrected chi connectivity index (χ0v) is 18.1. The van der Waals surface area contributed by atoms with Gasteiger partial charge in [-0.05, 0) is 57.9 Å². The highest BCUT2D eigenvalue weighted by molar-refractivity contribution is 7.93. The third-order valence-corrected chi connectivity index (χ3v) is 7.03. The maximum atomic E-state index is 13.3. The van der Waals surface area contributed by atoms with Gasteiger partial charge in [0, 0.05) is 36.2 Å². The summed E-state index contributed by atoms with van der Waals surface area (Å²) in [7, 11) is 0.141. The van der Waals surface area contributed by atoms with E-state index in [1.807, 2.05) is 73.6 Å². The zero-order chi connectivity index (χ0) is 21.6. The highest BCUT2D eigenvalue weighted by Gasteiger charge is 2.19. The SMILES string of the molecule is CN(C)c1cccc2c(S(=O)(=O)Nc3ccc4cc5ccccc5cc4c3)cccc12. The Morgan fingerprint density at radius 2 is 1.29 bits per heavy atom. The number of benzene rings is 5. The molecule has 1 N–H and O–H groups in total. The van der Waals surface area contributed by atoms with Gasteiger partial charge in [-0.1, -0.05) is 54.6 Å². The summed E-state index contributed by atoms with van der Waals surface area (Å²) in [5.74, 6) is 0. The van der Waals surface area contributed by atoms with E-state index in [0.29, 0.717) is 11.1 Å². The molecule has 0 heterocycles. The molecule has 0 aromatic heterocycles. The van der Waals surface area contributed by atoms with Crippen LogP contribution < -0.4 is 9.62 Å². The monoisotopic (exact) mass is 426 g/mol. The molecular formula is C26H22N2O2S. The van der Waals surface area contributed by atoms with Crippen LogP contribution in [0.25, 0.3) is 32.3 Å². The predicted molar refractivity (Wildman–Crippen MR) is 131 cm³/mol. The number of nitrogens with zero attached hydrogens (tertiary/aromatic N) is 1. The zero-order valence-electron chi connectivity index (χ0n) is 17.3. The molecule has 5 aromatic rings. The molecule has 5 heteroatoms. The van der Waals surface area contributed by atoms with Gasteiger partial charge in [-0.15, -0.1) is 0 Å². The Kier molecular flexibility index (Phi) is 4.56. The second-order valence-electron chi connectivity index (χ2n) is 7.89. The predicted octanol–water partition coefficient (Wildman–Crippen LogP) is 6.01. The first-order chi connectivity index (χ1) is 14.9. The van der Waals surface area contributed by atoms with Gasteiger partial charge >= 0.3 is 0 Å². The van der Waals surface area contributed by atoms with E-state index in [1.165, 1.54) is 0 Å². The fourth-order valence-electron chi connectivity index (χ4n) is 4.10. The number of fused-ring (bicyclic) bond motifs is 3. The van der Waals surface area contributed by atoms with Crippen molar-refractivity contribution >= 4 is 53.7 Å². The molecule has 0 aliphatic carbocycles. The molecule has 0 atom stereocenters. The molecule has 0 aliphatic heterocycles. The van der Waals surface area contributed by atoms with E-state index in [-0.39, 0.29) is 4.90 Å². The molecule has 5 aromatic carbocycles. The van der Waals surface area contributed by atoms with Gasteiger partial charge in [0.15, 0.2) is 0 Å². The Balaban J connectivity index is 1.58. The highest BCUT2D eigenvalue weighted by Crippen LogP contribution is 2.32. The van der Waals surface area contributed by atoms with E-state index < -0.39 is 10.0 Å². The van der Waals surface area contributed by atoms with Gasteiger partial charge in [0.2, 0.25) is 0 Å². The van der Waals surface area contributed by atoms with Gasteiger partial charge in [-0.3, -0.25) is 4.72 Å². The highest BCUT2D eigenvalue weighted by atomic mass is 32.2. The van der Waals surface area contributed by atoms with Gasteiger partial charge in [-0.2, -0.15) is 0 Å². The standard InChI is InChI=1S/C26H22N2O2S/c1-28(2)25-11-5-10-24-23(25)9-6-12-26(24)31(29,30)27-22-14-13-20-15-18-7-3-4-8-19(18)16-21(20)17-22/h3-17,27H,1-2H3. The van der Waals surface area contributed by atoms with Crippen LogP contribution in [0.15, 0.2) is 95.9 Å². The van der Waals surface area contributed by atoms with Crippen molar-refractivity contribution in [1.29, 1.82) is 0 Å². The molecule has 0 bridgehead atoms. The molecule has 0 radical (unpaired) electrons. The van der Waals surface area contributed by atoms with Crippen LogP contribution in [0.2, 0.25) is 0 Å². The van der Waals surface area contributed by atoms with Gasteiger partial charge < -0.3 is 4.90 Å². The van der Waals surface area contributed by atoms with Crippen molar-refractivity contribution < 1.29 is 8.42 Å². The van der Waals surface area contributed by atoms with Crippen molar-refractivity contribution in [2.75, 3.05) is 23.7 Å². The van der Waals surface area contributed by atoms with Crippen molar-refractivity contribution in [1.82, 2.24) is 0 Å². The first kappa shape index (κ1) is 19.4. The number of rotatable bonds is 4. The molecule has 0 saturated heterocycles. The average molecular weight is 427 g/mol. The van der Waals surface area contributed by atoms with E-state index in [9.17, 15) is 8.42 Å². The summed E-state index contributed by atoms with van der Waals surface area (Å²) < 4.78 is 29.4. The molecule has 0 spiro atoms. The summed E-state index contributed by atoms with van der Waals surface area (Å²) in [5.41, 5.74) is 1.52. The van der Waals surface area contributed by atoms with Crippen LogP contribution in [-0.4, -0.2) is 22.5 Å². The summed E-state index contributed by atoms with van der Waals surface area (Å²) >= 11 is 0. The maximum absolute atomic E-state index is 13.3. The van der Waals surface area contributed by atoms with Gasteiger partial charge in [0.1, 0.15) is 0 Å². The Bertz CT molecular complexity index is 1560. The van der Waals surface area contributed by atoms with Gasteiger partial charge in [0.25, 0.3) is 10.0 Å². The fraction of sp³-hybridized carbons (Fsp3) is 0.0769. The van der Waals surface area contributed by atoms with Crippen molar-refractivity contribution in [3.05, 3.63) is 91.0 Å². The number of hydrogen-bond donors (Lipinski definition) is 1. The van der Waals surface area contributed by atoms with Gasteiger partial charge in [0.05, 0.1) is 4.90 Å². The average Bonchev–Trinajstić information content (AvgIpc) is 2.76. The van der Waals surface area contributed by atoms with Crippen LogP contribution in [-0.2, 0) is 10.0 Å². The topological polar surface area (TPSA) is 49.4 Å². The Morgan fingerprint density at radius 3 is 2.03 bits per heavy atom. The number of anilines is 2. The third kappa shape index (κ3) is 3.47. The lowest BCUT2D eigenvalue weighted by molar-refractivity contribution is 0.602. The smallest absolute Gasteiger partial charge is 0.262 e. The van der Waals surface area contributed by atoms with E-state index in [4.69, 9.17) is 0 Å². The van der Waals surface area contributed by atoms with Crippen LogP contribution in [0.5, 0.6) is 0 Å². The molecule has 0 aliphatic rings. The minimum absolute atomic E-state index is 0.271. The van der Waals surface area contributed by atoms with Crippen LogP contribution >= 0.6 is 0 Å². The van der Waals surface area contributed by atoms with Crippen molar-refractivity contribution in [2.24, 2.45) is 0 Å². The minimum atomic E-state index is -3.76. The number of hydrogen-bond acceptors (Lipinski definition) is 3. The van der Waals surface area contributed by atoms with E-state index in [0.717, 1.165) is 32.6 Å². The van der Waals surface area contributed by atoms with Crippen LogP contribution in [0.1, 0.15) is 0 Å². The van der Waals surface area contributed by atoms with Crippen molar-refractivity contribution in [3.63, 3.8) is 0 Å². The first-order valence-corrected chi connectivity index (χ1v) is 11.6. The summed E-state index contributed by atoms with van der Waals surface area (Å²) in [6.45, 7) is 0.